The molecule has 0 unspecified atom stereocenters. The van der Waals surface area contributed by atoms with Gasteiger partial charge in [-0.25, -0.2) is 0 Å². The van der Waals surface area contributed by atoms with Gasteiger partial charge in [0.2, 0.25) is 5.91 Å². The maximum Gasteiger partial charge on any atom is 0.227 e. The second kappa shape index (κ2) is 5.08. The van der Waals surface area contributed by atoms with Crippen molar-refractivity contribution in [3.8, 4) is 0 Å². The van der Waals surface area contributed by atoms with Gasteiger partial charge in [0.1, 0.15) is 0 Å². The third-order valence-electron chi connectivity index (χ3n) is 3.75. The lowest BCUT2D eigenvalue weighted by Crippen LogP contribution is -2.39. The van der Waals surface area contributed by atoms with E-state index in [2.05, 4.69) is 48.1 Å². The van der Waals surface area contributed by atoms with E-state index in [-0.39, 0.29) is 16.7 Å². The molecular weight excluding hydrogens is 250 g/mol. The summed E-state index contributed by atoms with van der Waals surface area (Å²) in [6, 6.07) is 4.20. The summed E-state index contributed by atoms with van der Waals surface area (Å²) in [5.41, 5.74) is 1.86. The Bertz CT molecular complexity index is 485. The SMILES string of the molecule is CC1(C)CN(c2ccc(C(C)(C)C)nc2)CCNC1=O. The average Bonchev–Trinajstić information content (AvgIpc) is 2.48. The first-order valence-electron chi connectivity index (χ1n) is 7.20. The Hall–Kier alpha value is -1.58. The number of rotatable bonds is 1. The van der Waals surface area contributed by atoms with Crippen LogP contribution < -0.4 is 10.2 Å². The second-order valence-electron chi connectivity index (χ2n) is 7.21. The molecule has 1 aliphatic heterocycles. The predicted molar refractivity (Wildman–Crippen MR) is 81.9 cm³/mol. The molecule has 0 atom stereocenters. The van der Waals surface area contributed by atoms with Gasteiger partial charge in [-0.3, -0.25) is 9.78 Å². The van der Waals surface area contributed by atoms with Gasteiger partial charge in [0.05, 0.1) is 17.3 Å². The van der Waals surface area contributed by atoms with Crippen molar-refractivity contribution >= 4 is 11.6 Å². The third-order valence-corrected chi connectivity index (χ3v) is 3.75. The van der Waals surface area contributed by atoms with Crippen molar-refractivity contribution in [1.82, 2.24) is 10.3 Å². The van der Waals surface area contributed by atoms with Crippen LogP contribution in [0.5, 0.6) is 0 Å². The van der Waals surface area contributed by atoms with Gasteiger partial charge in [-0.05, 0) is 26.0 Å². The number of nitrogens with zero attached hydrogens (tertiary/aromatic N) is 2. The van der Waals surface area contributed by atoms with Crippen molar-refractivity contribution in [2.75, 3.05) is 24.5 Å². The number of amides is 1. The van der Waals surface area contributed by atoms with E-state index in [1.807, 2.05) is 20.0 Å². The highest BCUT2D eigenvalue weighted by Gasteiger charge is 2.32. The van der Waals surface area contributed by atoms with Crippen LogP contribution in [0, 0.1) is 5.41 Å². The van der Waals surface area contributed by atoms with Gasteiger partial charge in [0.25, 0.3) is 0 Å². The molecule has 1 saturated heterocycles. The van der Waals surface area contributed by atoms with Crippen LogP contribution in [-0.2, 0) is 10.2 Å². The Kier molecular flexibility index (Phi) is 3.76. The number of hydrogen-bond acceptors (Lipinski definition) is 3. The highest BCUT2D eigenvalue weighted by atomic mass is 16.2. The van der Waals surface area contributed by atoms with E-state index >= 15 is 0 Å². The van der Waals surface area contributed by atoms with E-state index in [1.165, 1.54) is 0 Å². The summed E-state index contributed by atoms with van der Waals surface area (Å²) in [5.74, 6) is 0.124. The maximum atomic E-state index is 11.9. The Balaban J connectivity index is 2.21. The molecule has 110 valence electrons. The minimum atomic E-state index is -0.376. The summed E-state index contributed by atoms with van der Waals surface area (Å²) >= 11 is 0. The lowest BCUT2D eigenvalue weighted by Gasteiger charge is -2.29. The minimum absolute atomic E-state index is 0.0636. The van der Waals surface area contributed by atoms with E-state index in [0.29, 0.717) is 6.54 Å². The predicted octanol–water partition coefficient (Wildman–Crippen LogP) is 2.34. The van der Waals surface area contributed by atoms with Crippen molar-refractivity contribution in [3.63, 3.8) is 0 Å². The summed E-state index contributed by atoms with van der Waals surface area (Å²) in [6.07, 6.45) is 1.92. The molecule has 0 bridgehead atoms. The normalized spacial score (nSPS) is 19.4. The molecule has 1 N–H and O–H groups in total. The Labute approximate surface area is 121 Å². The molecule has 0 radical (unpaired) electrons. The molecule has 4 heteroatoms. The van der Waals surface area contributed by atoms with Crippen molar-refractivity contribution < 1.29 is 4.79 Å². The Morgan fingerprint density at radius 1 is 1.30 bits per heavy atom. The third kappa shape index (κ3) is 3.11. The minimum Gasteiger partial charge on any atom is -0.367 e. The summed E-state index contributed by atoms with van der Waals surface area (Å²) in [5, 5.41) is 2.97. The zero-order valence-electron chi connectivity index (χ0n) is 13.2. The number of carbonyl (C=O) groups excluding carboxylic acids is 1. The first-order valence-corrected chi connectivity index (χ1v) is 7.20. The number of nitrogens with one attached hydrogen (secondary N) is 1. The highest BCUT2D eigenvalue weighted by molar-refractivity contribution is 5.83. The molecule has 1 fully saturated rings. The van der Waals surface area contributed by atoms with Crippen LogP contribution in [0.2, 0.25) is 0 Å². The van der Waals surface area contributed by atoms with Crippen LogP contribution in [0.15, 0.2) is 18.3 Å². The summed E-state index contributed by atoms with van der Waals surface area (Å²) in [6.45, 7) is 12.7. The second-order valence-corrected chi connectivity index (χ2v) is 7.21. The van der Waals surface area contributed by atoms with Crippen molar-refractivity contribution in [1.29, 1.82) is 0 Å². The van der Waals surface area contributed by atoms with E-state index in [4.69, 9.17) is 0 Å². The molecular formula is C16H25N3O. The van der Waals surface area contributed by atoms with Crippen LogP contribution in [-0.4, -0.2) is 30.5 Å². The van der Waals surface area contributed by atoms with Gasteiger partial charge in [-0.2, -0.15) is 0 Å². The van der Waals surface area contributed by atoms with E-state index in [0.717, 1.165) is 24.5 Å². The molecule has 0 spiro atoms. The van der Waals surface area contributed by atoms with Gasteiger partial charge in [-0.15, -0.1) is 0 Å². The van der Waals surface area contributed by atoms with Gasteiger partial charge in [-0.1, -0.05) is 20.8 Å². The zero-order valence-corrected chi connectivity index (χ0v) is 13.2. The monoisotopic (exact) mass is 275 g/mol. The molecule has 1 amide bonds. The maximum absolute atomic E-state index is 11.9. The fraction of sp³-hybridized carbons (Fsp3) is 0.625. The van der Waals surface area contributed by atoms with Gasteiger partial charge >= 0.3 is 0 Å². The number of carbonyl (C=O) groups is 1. The molecule has 0 aliphatic carbocycles. The molecule has 4 nitrogen and oxygen atoms in total. The molecule has 1 aromatic rings. The van der Waals surface area contributed by atoms with Crippen molar-refractivity contribution in [2.24, 2.45) is 5.41 Å². The quantitative estimate of drug-likeness (QED) is 0.855. The summed E-state index contributed by atoms with van der Waals surface area (Å²) in [7, 11) is 0. The molecule has 1 aromatic heterocycles. The van der Waals surface area contributed by atoms with E-state index in [1.54, 1.807) is 0 Å². The highest BCUT2D eigenvalue weighted by Crippen LogP contribution is 2.26. The van der Waals surface area contributed by atoms with E-state index < -0.39 is 0 Å². The molecule has 20 heavy (non-hydrogen) atoms. The summed E-state index contributed by atoms with van der Waals surface area (Å²) in [4.78, 5) is 18.8. The molecule has 2 rings (SSSR count). The molecule has 0 saturated carbocycles. The smallest absolute Gasteiger partial charge is 0.227 e. The zero-order chi connectivity index (χ0) is 15.0. The van der Waals surface area contributed by atoms with Crippen LogP contribution in [0.1, 0.15) is 40.3 Å². The Morgan fingerprint density at radius 2 is 2.00 bits per heavy atom. The number of hydrogen-bond donors (Lipinski definition) is 1. The number of anilines is 1. The van der Waals surface area contributed by atoms with E-state index in [9.17, 15) is 4.79 Å². The fourth-order valence-electron chi connectivity index (χ4n) is 2.41. The van der Waals surface area contributed by atoms with Crippen LogP contribution in [0.3, 0.4) is 0 Å². The average molecular weight is 275 g/mol. The van der Waals surface area contributed by atoms with Crippen LogP contribution in [0.4, 0.5) is 5.69 Å². The van der Waals surface area contributed by atoms with Gasteiger partial charge < -0.3 is 10.2 Å². The largest absolute Gasteiger partial charge is 0.367 e. The molecule has 1 aliphatic rings. The number of pyridine rings is 1. The topological polar surface area (TPSA) is 45.2 Å². The Morgan fingerprint density at radius 3 is 2.55 bits per heavy atom. The van der Waals surface area contributed by atoms with Crippen molar-refractivity contribution in [2.45, 2.75) is 40.0 Å². The van der Waals surface area contributed by atoms with Crippen LogP contribution in [0.25, 0.3) is 0 Å². The first-order chi connectivity index (χ1) is 9.20. The fourth-order valence-corrected chi connectivity index (χ4v) is 2.41. The number of aromatic nitrogens is 1. The van der Waals surface area contributed by atoms with Crippen LogP contribution >= 0.6 is 0 Å². The molecule has 0 aromatic carbocycles. The van der Waals surface area contributed by atoms with Crippen molar-refractivity contribution in [3.05, 3.63) is 24.0 Å². The molecule has 2 heterocycles. The standard InChI is InChI=1S/C16H25N3O/c1-15(2,3)13-7-6-12(10-18-13)19-9-8-17-14(20)16(4,5)11-19/h6-7,10H,8-9,11H2,1-5H3,(H,17,20). The first kappa shape index (κ1) is 14.8. The summed E-state index contributed by atoms with van der Waals surface area (Å²) < 4.78 is 0. The van der Waals surface area contributed by atoms with Gasteiger partial charge in [0.15, 0.2) is 0 Å². The lowest BCUT2D eigenvalue weighted by atomic mass is 9.91. The van der Waals surface area contributed by atoms with Gasteiger partial charge in [0, 0.05) is 30.7 Å². The lowest BCUT2D eigenvalue weighted by molar-refractivity contribution is -0.128.